The van der Waals surface area contributed by atoms with Crippen molar-refractivity contribution in [1.29, 1.82) is 0 Å². The molecule has 2 aliphatic rings. The van der Waals surface area contributed by atoms with Crippen LogP contribution in [-0.4, -0.2) is 105 Å². The summed E-state index contributed by atoms with van der Waals surface area (Å²) in [4.78, 5) is 39.8. The standard InChI is InChI=1S/C28H35N7O7/c1-40-18-11-17(12-19(13-18)41-2)6-7-21(37)33-23-25(39)20(14-36)42-28(23)35-16-32-24-26(30-15-31-27(24)35)29-8-4-10-34-9-3-5-22(34)38/h6-7,11-13,15-16,20,23,25,28,36,39H,3-5,8-10,14H2,1-2H3,(H,33,37)(H,29,30,31)/b7-6+/t20-,23-,25-,28-/m1/s1. The number of ether oxygens (including phenoxy) is 3. The Labute approximate surface area is 242 Å². The molecule has 14 heteroatoms. The Bertz CT molecular complexity index is 1420. The maximum Gasteiger partial charge on any atom is 0.244 e. The highest BCUT2D eigenvalue weighted by Gasteiger charge is 2.45. The number of amides is 2. The molecule has 2 aliphatic heterocycles. The quantitative estimate of drug-likeness (QED) is 0.175. The van der Waals surface area contributed by atoms with Gasteiger partial charge >= 0.3 is 0 Å². The van der Waals surface area contributed by atoms with E-state index in [1.54, 1.807) is 28.8 Å². The van der Waals surface area contributed by atoms with Gasteiger partial charge in [-0.05, 0) is 36.6 Å². The number of benzene rings is 1. The number of anilines is 1. The smallest absolute Gasteiger partial charge is 0.244 e. The Morgan fingerprint density at radius 3 is 2.67 bits per heavy atom. The van der Waals surface area contributed by atoms with Crippen LogP contribution in [0.25, 0.3) is 17.2 Å². The number of aliphatic hydroxyl groups excluding tert-OH is 2. The van der Waals surface area contributed by atoms with E-state index < -0.39 is 37.0 Å². The highest BCUT2D eigenvalue weighted by atomic mass is 16.5. The third-order valence-electron chi connectivity index (χ3n) is 7.36. The summed E-state index contributed by atoms with van der Waals surface area (Å²) in [6.45, 7) is 1.61. The minimum absolute atomic E-state index is 0.191. The predicted octanol–water partition coefficient (Wildman–Crippen LogP) is 0.717. The number of aliphatic hydroxyl groups is 2. The number of nitrogens with one attached hydrogen (secondary N) is 2. The first-order valence-electron chi connectivity index (χ1n) is 13.8. The molecular formula is C28H35N7O7. The molecule has 4 atom stereocenters. The maximum atomic E-state index is 12.9. The fourth-order valence-corrected chi connectivity index (χ4v) is 5.19. The predicted molar refractivity (Wildman–Crippen MR) is 152 cm³/mol. The average molecular weight is 582 g/mol. The van der Waals surface area contributed by atoms with Crippen LogP contribution in [0.4, 0.5) is 5.82 Å². The number of hydrogen-bond donors (Lipinski definition) is 4. The van der Waals surface area contributed by atoms with Crippen LogP contribution in [-0.2, 0) is 14.3 Å². The molecule has 1 aromatic carbocycles. The Kier molecular flexibility index (Phi) is 9.15. The summed E-state index contributed by atoms with van der Waals surface area (Å²) in [6.07, 6.45) is 5.05. The van der Waals surface area contributed by atoms with Crippen molar-refractivity contribution in [3.63, 3.8) is 0 Å². The molecule has 224 valence electrons. The number of fused-ring (bicyclic) bond motifs is 1. The van der Waals surface area contributed by atoms with Crippen molar-refractivity contribution in [2.75, 3.05) is 45.8 Å². The lowest BCUT2D eigenvalue weighted by Gasteiger charge is -2.22. The van der Waals surface area contributed by atoms with Gasteiger partial charge < -0.3 is 40.0 Å². The van der Waals surface area contributed by atoms with E-state index in [9.17, 15) is 19.8 Å². The molecule has 2 fully saturated rings. The van der Waals surface area contributed by atoms with E-state index in [0.29, 0.717) is 53.6 Å². The topological polar surface area (TPSA) is 173 Å². The SMILES string of the molecule is COc1cc(/C=C/C(=O)N[C@@H]2[C@H](O)[C@@H](CO)O[C@H]2n2cnc3c(NCCCN4CCCC4=O)ncnc32)cc(OC)c1. The number of imidazole rings is 1. The Balaban J connectivity index is 1.30. The molecule has 5 rings (SSSR count). The lowest BCUT2D eigenvalue weighted by atomic mass is 10.1. The second-order valence-electron chi connectivity index (χ2n) is 10.1. The molecule has 0 radical (unpaired) electrons. The van der Waals surface area contributed by atoms with Gasteiger partial charge in [-0.1, -0.05) is 0 Å². The molecule has 0 saturated carbocycles. The number of methoxy groups -OCH3 is 2. The minimum Gasteiger partial charge on any atom is -0.497 e. The molecule has 0 bridgehead atoms. The maximum absolute atomic E-state index is 12.9. The van der Waals surface area contributed by atoms with E-state index in [4.69, 9.17) is 14.2 Å². The highest BCUT2D eigenvalue weighted by molar-refractivity contribution is 5.92. The van der Waals surface area contributed by atoms with Gasteiger partial charge in [0, 0.05) is 38.2 Å². The lowest BCUT2D eigenvalue weighted by Crippen LogP contribution is -2.46. The van der Waals surface area contributed by atoms with Gasteiger partial charge in [0.05, 0.1) is 27.2 Å². The fourth-order valence-electron chi connectivity index (χ4n) is 5.19. The van der Waals surface area contributed by atoms with Crippen molar-refractivity contribution in [1.82, 2.24) is 29.7 Å². The number of nitrogens with zero attached hydrogens (tertiary/aromatic N) is 5. The van der Waals surface area contributed by atoms with E-state index in [1.807, 2.05) is 4.90 Å². The van der Waals surface area contributed by atoms with Crippen LogP contribution in [0.15, 0.2) is 36.9 Å². The van der Waals surface area contributed by atoms with Crippen LogP contribution < -0.4 is 20.1 Å². The van der Waals surface area contributed by atoms with Gasteiger partial charge in [-0.2, -0.15) is 0 Å². The van der Waals surface area contributed by atoms with Crippen molar-refractivity contribution in [3.05, 3.63) is 42.5 Å². The Morgan fingerprint density at radius 2 is 1.98 bits per heavy atom. The van der Waals surface area contributed by atoms with E-state index >= 15 is 0 Å². The average Bonchev–Trinajstić information content (AvgIpc) is 3.71. The highest BCUT2D eigenvalue weighted by Crippen LogP contribution is 2.32. The van der Waals surface area contributed by atoms with E-state index in [2.05, 4.69) is 25.6 Å². The van der Waals surface area contributed by atoms with E-state index in [0.717, 1.165) is 19.4 Å². The molecule has 0 aliphatic carbocycles. The molecule has 2 amide bonds. The van der Waals surface area contributed by atoms with Crippen LogP contribution >= 0.6 is 0 Å². The Hall–Kier alpha value is -4.27. The zero-order valence-electron chi connectivity index (χ0n) is 23.5. The molecular weight excluding hydrogens is 546 g/mol. The summed E-state index contributed by atoms with van der Waals surface area (Å²) in [5.41, 5.74) is 1.59. The molecule has 4 N–H and O–H groups in total. The Morgan fingerprint density at radius 1 is 1.19 bits per heavy atom. The number of carbonyl (C=O) groups excluding carboxylic acids is 2. The summed E-state index contributed by atoms with van der Waals surface area (Å²) >= 11 is 0. The molecule has 2 saturated heterocycles. The summed E-state index contributed by atoms with van der Waals surface area (Å²) in [5.74, 6) is 1.37. The zero-order valence-corrected chi connectivity index (χ0v) is 23.5. The van der Waals surface area contributed by atoms with Gasteiger partial charge in [0.25, 0.3) is 0 Å². The monoisotopic (exact) mass is 581 g/mol. The van der Waals surface area contributed by atoms with Gasteiger partial charge in [-0.15, -0.1) is 0 Å². The first-order chi connectivity index (χ1) is 20.4. The van der Waals surface area contributed by atoms with Gasteiger partial charge in [-0.25, -0.2) is 15.0 Å². The molecule has 2 aromatic heterocycles. The van der Waals surface area contributed by atoms with Gasteiger partial charge in [-0.3, -0.25) is 14.2 Å². The van der Waals surface area contributed by atoms with Crippen LogP contribution in [0, 0.1) is 0 Å². The zero-order chi connectivity index (χ0) is 29.6. The van der Waals surface area contributed by atoms with Crippen LogP contribution in [0.1, 0.15) is 31.1 Å². The largest absolute Gasteiger partial charge is 0.497 e. The van der Waals surface area contributed by atoms with E-state index in [-0.39, 0.29) is 5.91 Å². The minimum atomic E-state index is -1.19. The molecule has 42 heavy (non-hydrogen) atoms. The second-order valence-corrected chi connectivity index (χ2v) is 10.1. The van der Waals surface area contributed by atoms with Gasteiger partial charge in [0.2, 0.25) is 11.8 Å². The first-order valence-corrected chi connectivity index (χ1v) is 13.8. The van der Waals surface area contributed by atoms with E-state index in [1.165, 1.54) is 33.0 Å². The molecule has 0 unspecified atom stereocenters. The summed E-state index contributed by atoms with van der Waals surface area (Å²) in [6, 6.07) is 4.30. The van der Waals surface area contributed by atoms with Crippen LogP contribution in [0.5, 0.6) is 11.5 Å². The number of aromatic nitrogens is 4. The molecule has 14 nitrogen and oxygen atoms in total. The lowest BCUT2D eigenvalue weighted by molar-refractivity contribution is -0.127. The molecule has 4 heterocycles. The van der Waals surface area contributed by atoms with Crippen molar-refractivity contribution in [2.24, 2.45) is 0 Å². The fraction of sp³-hybridized carbons (Fsp3) is 0.464. The summed E-state index contributed by atoms with van der Waals surface area (Å²) in [5, 5.41) is 26.8. The summed E-state index contributed by atoms with van der Waals surface area (Å²) in [7, 11) is 3.08. The second kappa shape index (κ2) is 13.1. The van der Waals surface area contributed by atoms with Crippen molar-refractivity contribution in [3.8, 4) is 11.5 Å². The normalized spacial score (nSPS) is 22.3. The van der Waals surface area contributed by atoms with Gasteiger partial charge in [0.15, 0.2) is 23.2 Å². The number of likely N-dealkylation sites (tertiary alicyclic amines) is 1. The van der Waals surface area contributed by atoms with Crippen molar-refractivity contribution >= 4 is 34.9 Å². The third kappa shape index (κ3) is 6.30. The number of rotatable bonds is 12. The first kappa shape index (κ1) is 29.2. The molecule has 0 spiro atoms. The van der Waals surface area contributed by atoms with Crippen molar-refractivity contribution in [2.45, 2.75) is 43.7 Å². The van der Waals surface area contributed by atoms with Crippen LogP contribution in [0.2, 0.25) is 0 Å². The van der Waals surface area contributed by atoms with Gasteiger partial charge in [0.1, 0.15) is 36.1 Å². The summed E-state index contributed by atoms with van der Waals surface area (Å²) < 4.78 is 18.1. The number of carbonyl (C=O) groups is 2. The van der Waals surface area contributed by atoms with Crippen molar-refractivity contribution < 1.29 is 34.0 Å². The van der Waals surface area contributed by atoms with Crippen LogP contribution in [0.3, 0.4) is 0 Å². The molecule has 3 aromatic rings. The third-order valence-corrected chi connectivity index (χ3v) is 7.36. The number of hydrogen-bond acceptors (Lipinski definition) is 11.